The predicted octanol–water partition coefficient (Wildman–Crippen LogP) is 5.40. The standard InChI is InChI=1S/C30H39N5O3.3H2/c1-21-4-7-27(18-28(21)34-30(37)33-15-3-14-32-20-38-22(2)36)29(26-10-11-26)35-16-12-25(13-17-35)24-8-5-23(19-31)6-9-24;;;/h4-9,18,22,25,32,36H,3,10-17,20H2,1-2H3,(H2,33,34,37);3*1H. The Morgan fingerprint density at radius 2 is 1.92 bits per heavy atom. The number of carbonyl (C=O) groups is 1. The van der Waals surface area contributed by atoms with Gasteiger partial charge in [-0.15, -0.1) is 0 Å². The number of likely N-dealkylation sites (tertiary alicyclic amines) is 1. The van der Waals surface area contributed by atoms with Crippen molar-refractivity contribution in [2.75, 3.05) is 38.2 Å². The van der Waals surface area contributed by atoms with Crippen LogP contribution in [0.4, 0.5) is 10.5 Å². The molecule has 2 fully saturated rings. The average molecular weight is 524 g/mol. The van der Waals surface area contributed by atoms with Crippen LogP contribution in [0, 0.1) is 18.3 Å². The first-order valence-electron chi connectivity index (χ1n) is 13.6. The van der Waals surface area contributed by atoms with Gasteiger partial charge in [0.05, 0.1) is 18.4 Å². The third-order valence-corrected chi connectivity index (χ3v) is 7.16. The maximum atomic E-state index is 12.5. The largest absolute Gasteiger partial charge is 0.371 e. The first-order valence-corrected chi connectivity index (χ1v) is 13.6. The molecule has 2 amide bonds. The summed E-state index contributed by atoms with van der Waals surface area (Å²) in [6, 6.07) is 16.4. The number of piperidine rings is 1. The van der Waals surface area contributed by atoms with Crippen molar-refractivity contribution in [2.45, 2.75) is 58.2 Å². The van der Waals surface area contributed by atoms with Crippen LogP contribution in [0.3, 0.4) is 0 Å². The lowest BCUT2D eigenvalue weighted by Gasteiger charge is -2.36. The van der Waals surface area contributed by atoms with Gasteiger partial charge in [0, 0.05) is 35.3 Å². The van der Waals surface area contributed by atoms with Crippen LogP contribution in [0.25, 0.3) is 5.70 Å². The van der Waals surface area contributed by atoms with Crippen molar-refractivity contribution in [3.8, 4) is 6.07 Å². The molecule has 1 saturated carbocycles. The molecule has 1 atom stereocenters. The topological polar surface area (TPSA) is 110 Å². The second-order valence-corrected chi connectivity index (χ2v) is 10.1. The number of aryl methyl sites for hydroxylation is 1. The van der Waals surface area contributed by atoms with Crippen molar-refractivity contribution in [3.63, 3.8) is 0 Å². The third kappa shape index (κ3) is 7.81. The van der Waals surface area contributed by atoms with Crippen LogP contribution in [-0.2, 0) is 4.74 Å². The summed E-state index contributed by atoms with van der Waals surface area (Å²) < 4.78 is 5.02. The van der Waals surface area contributed by atoms with Gasteiger partial charge in [-0.1, -0.05) is 24.3 Å². The van der Waals surface area contributed by atoms with Gasteiger partial charge < -0.3 is 25.4 Å². The number of nitrogens with one attached hydrogen (secondary N) is 3. The van der Waals surface area contributed by atoms with Crippen molar-refractivity contribution < 1.29 is 18.9 Å². The zero-order valence-corrected chi connectivity index (χ0v) is 22.4. The Hall–Kier alpha value is -3.38. The normalized spacial score (nSPS) is 16.1. The minimum atomic E-state index is -0.790. The highest BCUT2D eigenvalue weighted by molar-refractivity contribution is 5.91. The summed E-state index contributed by atoms with van der Waals surface area (Å²) in [5.74, 6) is 0.518. The number of hydrogen-bond donors (Lipinski definition) is 4. The molecule has 2 aromatic carbocycles. The fourth-order valence-electron chi connectivity index (χ4n) is 4.91. The van der Waals surface area contributed by atoms with Gasteiger partial charge in [-0.25, -0.2) is 4.79 Å². The number of hydrogen-bond acceptors (Lipinski definition) is 6. The van der Waals surface area contributed by atoms with Gasteiger partial charge in [-0.05, 0) is 98.9 Å². The molecule has 8 heteroatoms. The zero-order valence-electron chi connectivity index (χ0n) is 22.4. The molecule has 208 valence electrons. The Morgan fingerprint density at radius 1 is 1.18 bits per heavy atom. The minimum Gasteiger partial charge on any atom is -0.371 e. The van der Waals surface area contributed by atoms with E-state index in [1.807, 2.05) is 19.1 Å². The van der Waals surface area contributed by atoms with Gasteiger partial charge >= 0.3 is 6.03 Å². The van der Waals surface area contributed by atoms with E-state index < -0.39 is 6.29 Å². The van der Waals surface area contributed by atoms with Gasteiger partial charge in [0.1, 0.15) is 0 Å². The number of amides is 2. The van der Waals surface area contributed by atoms with E-state index >= 15 is 0 Å². The summed E-state index contributed by atoms with van der Waals surface area (Å²) in [5.41, 5.74) is 7.87. The number of aliphatic hydroxyl groups excluding tert-OH is 1. The molecule has 4 N–H and O–H groups in total. The number of urea groups is 1. The SMILES string of the molecule is Cc1ccc(C(=C2CC2)N2CCC(c3ccc(C#N)cc3)CC2)cc1NC(=O)NCCCNCOC(C)O.[HH].[HH].[HH]. The van der Waals surface area contributed by atoms with Crippen molar-refractivity contribution in [1.29, 1.82) is 5.26 Å². The van der Waals surface area contributed by atoms with Crippen LogP contribution < -0.4 is 16.0 Å². The van der Waals surface area contributed by atoms with E-state index in [0.29, 0.717) is 24.6 Å². The van der Waals surface area contributed by atoms with E-state index in [1.54, 1.807) is 6.92 Å². The quantitative estimate of drug-likeness (QED) is 0.232. The monoisotopic (exact) mass is 523 g/mol. The number of nitrogens with zero attached hydrogens (tertiary/aromatic N) is 2. The van der Waals surface area contributed by atoms with Crippen LogP contribution >= 0.6 is 0 Å². The average Bonchev–Trinajstić information content (AvgIpc) is 3.75. The van der Waals surface area contributed by atoms with Crippen LogP contribution in [-0.4, -0.2) is 55.2 Å². The molecule has 38 heavy (non-hydrogen) atoms. The first kappa shape index (κ1) is 27.6. The van der Waals surface area contributed by atoms with Gasteiger partial charge in [-0.2, -0.15) is 5.26 Å². The van der Waals surface area contributed by atoms with Crippen molar-refractivity contribution in [3.05, 3.63) is 70.3 Å². The number of allylic oxidation sites excluding steroid dienone is 1. The Morgan fingerprint density at radius 3 is 2.58 bits per heavy atom. The van der Waals surface area contributed by atoms with E-state index in [4.69, 9.17) is 15.1 Å². The number of benzene rings is 2. The number of aliphatic hydroxyl groups is 1. The van der Waals surface area contributed by atoms with Crippen LogP contribution in [0.1, 0.15) is 71.5 Å². The first-order chi connectivity index (χ1) is 18.4. The van der Waals surface area contributed by atoms with E-state index in [1.165, 1.54) is 16.8 Å². The number of carbonyl (C=O) groups excluding carboxylic acids is 1. The molecule has 1 aliphatic carbocycles. The lowest BCUT2D eigenvalue weighted by molar-refractivity contribution is -0.0910. The highest BCUT2D eigenvalue weighted by atomic mass is 16.6. The molecule has 0 bridgehead atoms. The molecule has 0 radical (unpaired) electrons. The summed E-state index contributed by atoms with van der Waals surface area (Å²) in [7, 11) is 0. The smallest absolute Gasteiger partial charge is 0.319 e. The number of anilines is 1. The third-order valence-electron chi connectivity index (χ3n) is 7.16. The maximum Gasteiger partial charge on any atom is 0.319 e. The Kier molecular flexibility index (Phi) is 9.77. The van der Waals surface area contributed by atoms with Crippen molar-refractivity contribution in [2.24, 2.45) is 0 Å². The van der Waals surface area contributed by atoms with Crippen molar-refractivity contribution in [1.82, 2.24) is 15.5 Å². The van der Waals surface area contributed by atoms with Gasteiger partial charge in [-0.3, -0.25) is 5.32 Å². The molecule has 2 aliphatic rings. The second-order valence-electron chi connectivity index (χ2n) is 10.1. The Labute approximate surface area is 230 Å². The highest BCUT2D eigenvalue weighted by Crippen LogP contribution is 2.41. The number of nitriles is 1. The van der Waals surface area contributed by atoms with E-state index in [2.05, 4.69) is 57.3 Å². The lowest BCUT2D eigenvalue weighted by atomic mass is 9.88. The van der Waals surface area contributed by atoms with E-state index in [0.717, 1.165) is 62.0 Å². The van der Waals surface area contributed by atoms with Gasteiger partial charge in [0.2, 0.25) is 0 Å². The molecule has 2 aromatic rings. The molecule has 1 aliphatic heterocycles. The molecular formula is C30H45N5O3. The molecule has 4 rings (SSSR count). The molecular weight excluding hydrogens is 478 g/mol. The molecule has 0 spiro atoms. The molecule has 1 unspecified atom stereocenters. The summed E-state index contributed by atoms with van der Waals surface area (Å²) in [5, 5.41) is 27.2. The van der Waals surface area contributed by atoms with E-state index in [-0.39, 0.29) is 17.0 Å². The van der Waals surface area contributed by atoms with Gasteiger partial charge in [0.15, 0.2) is 6.29 Å². The molecule has 8 nitrogen and oxygen atoms in total. The number of ether oxygens (including phenoxy) is 1. The van der Waals surface area contributed by atoms with Crippen LogP contribution in [0.5, 0.6) is 0 Å². The maximum absolute atomic E-state index is 12.5. The van der Waals surface area contributed by atoms with Gasteiger partial charge in [0.25, 0.3) is 0 Å². The Bertz CT molecular complexity index is 1170. The number of rotatable bonds is 11. The molecule has 0 aromatic heterocycles. The summed E-state index contributed by atoms with van der Waals surface area (Å²) in [6.45, 7) is 7.07. The summed E-state index contributed by atoms with van der Waals surface area (Å²) >= 11 is 0. The molecule has 1 saturated heterocycles. The highest BCUT2D eigenvalue weighted by Gasteiger charge is 2.28. The van der Waals surface area contributed by atoms with Crippen molar-refractivity contribution >= 4 is 17.4 Å². The zero-order chi connectivity index (χ0) is 26.9. The Balaban J connectivity index is 0.00000280. The summed E-state index contributed by atoms with van der Waals surface area (Å²) in [4.78, 5) is 15.1. The lowest BCUT2D eigenvalue weighted by Crippen LogP contribution is -2.32. The van der Waals surface area contributed by atoms with Crippen LogP contribution in [0.15, 0.2) is 48.0 Å². The molecule has 1 heterocycles. The van der Waals surface area contributed by atoms with Crippen LogP contribution in [0.2, 0.25) is 0 Å². The van der Waals surface area contributed by atoms with E-state index in [9.17, 15) is 4.79 Å². The fourth-order valence-corrected chi connectivity index (χ4v) is 4.91. The fraction of sp³-hybridized carbons (Fsp3) is 0.467. The predicted molar refractivity (Wildman–Crippen MR) is 156 cm³/mol. The minimum absolute atomic E-state index is 0. The second kappa shape index (κ2) is 13.4. The summed E-state index contributed by atoms with van der Waals surface area (Å²) in [6.07, 6.45) is 4.41.